The van der Waals surface area contributed by atoms with Gasteiger partial charge in [0, 0.05) is 0 Å². The number of aliphatic hydroxyl groups excluding tert-OH is 1. The van der Waals surface area contributed by atoms with Crippen molar-refractivity contribution in [3.8, 4) is 17.4 Å². The van der Waals surface area contributed by atoms with Crippen LogP contribution in [-0.4, -0.2) is 27.6 Å². The summed E-state index contributed by atoms with van der Waals surface area (Å²) in [6.07, 6.45) is 2.98. The molecular formula is C18H18N2O5. The van der Waals surface area contributed by atoms with Gasteiger partial charge in [0.15, 0.2) is 5.76 Å². The predicted octanol–water partition coefficient (Wildman–Crippen LogP) is 2.26. The van der Waals surface area contributed by atoms with Gasteiger partial charge in [-0.25, -0.2) is 4.79 Å². The Bertz CT molecular complexity index is 879. The van der Waals surface area contributed by atoms with E-state index in [1.807, 2.05) is 24.3 Å². The van der Waals surface area contributed by atoms with Crippen LogP contribution >= 0.6 is 0 Å². The van der Waals surface area contributed by atoms with Crippen molar-refractivity contribution in [2.45, 2.75) is 19.1 Å². The second kappa shape index (κ2) is 7.67. The Morgan fingerprint density at radius 3 is 2.92 bits per heavy atom. The summed E-state index contributed by atoms with van der Waals surface area (Å²) in [5.74, 6) is 0.419. The molecule has 0 radical (unpaired) electrons. The second-order valence-electron chi connectivity index (χ2n) is 5.40. The highest BCUT2D eigenvalue weighted by Gasteiger charge is 2.16. The van der Waals surface area contributed by atoms with Gasteiger partial charge in [-0.15, -0.1) is 11.7 Å². The van der Waals surface area contributed by atoms with E-state index in [9.17, 15) is 9.90 Å². The Balaban J connectivity index is 1.63. The van der Waals surface area contributed by atoms with Gasteiger partial charge in [0.05, 0.1) is 12.8 Å². The first-order valence-corrected chi connectivity index (χ1v) is 7.79. The number of rotatable bonds is 8. The van der Waals surface area contributed by atoms with Gasteiger partial charge in [0.25, 0.3) is 5.89 Å². The number of hydrogen-bond donors (Lipinski definition) is 1. The molecule has 0 fully saturated rings. The molecule has 0 bridgehead atoms. The summed E-state index contributed by atoms with van der Waals surface area (Å²) in [4.78, 5) is 11.8. The highest BCUT2D eigenvalue weighted by Crippen LogP contribution is 2.19. The zero-order valence-electron chi connectivity index (χ0n) is 13.5. The van der Waals surface area contributed by atoms with Crippen LogP contribution in [0.3, 0.4) is 0 Å². The third-order valence-corrected chi connectivity index (χ3v) is 3.49. The average molecular weight is 342 g/mol. The van der Waals surface area contributed by atoms with E-state index in [0.717, 1.165) is 10.2 Å². The van der Waals surface area contributed by atoms with Crippen LogP contribution in [0.15, 0.2) is 68.9 Å². The van der Waals surface area contributed by atoms with Gasteiger partial charge in [-0.1, -0.05) is 24.3 Å². The molecule has 0 amide bonds. The zero-order valence-corrected chi connectivity index (χ0v) is 13.5. The largest absolute Gasteiger partial charge is 0.491 e. The standard InChI is InChI=1S/C18H18N2O5/c1-2-6-13-7-3-4-8-15(13)24-12-14(21)11-20-18(22)25-17(19-20)16-9-5-10-23-16/h2-5,7-10,14,21H,1,6,11-12H2/t14-/m0/s1. The van der Waals surface area contributed by atoms with E-state index in [2.05, 4.69) is 11.7 Å². The average Bonchev–Trinajstić information content (AvgIpc) is 3.25. The summed E-state index contributed by atoms with van der Waals surface area (Å²) < 4.78 is 16.8. The molecular weight excluding hydrogens is 324 g/mol. The first-order chi connectivity index (χ1) is 12.2. The normalized spacial score (nSPS) is 12.0. The molecule has 3 aromatic rings. The number of furan rings is 1. The van der Waals surface area contributed by atoms with Crippen molar-refractivity contribution in [3.63, 3.8) is 0 Å². The Kier molecular flexibility index (Phi) is 5.15. The lowest BCUT2D eigenvalue weighted by Gasteiger charge is -2.14. The lowest BCUT2D eigenvalue weighted by molar-refractivity contribution is 0.0871. The Morgan fingerprint density at radius 1 is 1.32 bits per heavy atom. The van der Waals surface area contributed by atoms with Gasteiger partial charge in [0.2, 0.25) is 0 Å². The number of aliphatic hydroxyl groups is 1. The fourth-order valence-electron chi connectivity index (χ4n) is 2.33. The van der Waals surface area contributed by atoms with E-state index in [1.54, 1.807) is 18.2 Å². The zero-order chi connectivity index (χ0) is 17.6. The highest BCUT2D eigenvalue weighted by atomic mass is 16.5. The van der Waals surface area contributed by atoms with Crippen molar-refractivity contribution in [2.24, 2.45) is 0 Å². The third-order valence-electron chi connectivity index (χ3n) is 3.49. The fraction of sp³-hybridized carbons (Fsp3) is 0.222. The number of para-hydroxylation sites is 1. The summed E-state index contributed by atoms with van der Waals surface area (Å²) in [5.41, 5.74) is 0.975. The lowest BCUT2D eigenvalue weighted by atomic mass is 10.1. The smallest absolute Gasteiger partial charge is 0.437 e. The lowest BCUT2D eigenvalue weighted by Crippen LogP contribution is -2.29. The van der Waals surface area contributed by atoms with Crippen molar-refractivity contribution >= 4 is 0 Å². The van der Waals surface area contributed by atoms with E-state index in [4.69, 9.17) is 13.6 Å². The van der Waals surface area contributed by atoms with Crippen molar-refractivity contribution in [3.05, 3.63) is 71.4 Å². The van der Waals surface area contributed by atoms with Gasteiger partial charge in [-0.05, 0) is 30.2 Å². The number of nitrogens with zero attached hydrogens (tertiary/aromatic N) is 2. The SMILES string of the molecule is C=CCc1ccccc1OC[C@@H](O)Cn1nc(-c2ccco2)oc1=O. The molecule has 1 atom stereocenters. The predicted molar refractivity (Wildman–Crippen MR) is 90.3 cm³/mol. The second-order valence-corrected chi connectivity index (χ2v) is 5.40. The monoisotopic (exact) mass is 342 g/mol. The number of allylic oxidation sites excluding steroid dienone is 1. The molecule has 7 nitrogen and oxygen atoms in total. The van der Waals surface area contributed by atoms with Gasteiger partial charge in [-0.3, -0.25) is 0 Å². The summed E-state index contributed by atoms with van der Waals surface area (Å²) in [7, 11) is 0. The van der Waals surface area contributed by atoms with E-state index < -0.39 is 11.9 Å². The van der Waals surface area contributed by atoms with Crippen molar-refractivity contribution in [1.29, 1.82) is 0 Å². The molecule has 2 aromatic heterocycles. The molecule has 1 aromatic carbocycles. The van der Waals surface area contributed by atoms with Crippen LogP contribution in [0.2, 0.25) is 0 Å². The summed E-state index contributed by atoms with van der Waals surface area (Å²) >= 11 is 0. The minimum atomic E-state index is -0.927. The number of ether oxygens (including phenoxy) is 1. The Hall–Kier alpha value is -3.06. The summed E-state index contributed by atoms with van der Waals surface area (Å²) in [5, 5.41) is 14.1. The molecule has 3 rings (SSSR count). The van der Waals surface area contributed by atoms with E-state index >= 15 is 0 Å². The molecule has 130 valence electrons. The Labute approximate surface area is 143 Å². The van der Waals surface area contributed by atoms with Crippen LogP contribution in [0.1, 0.15) is 5.56 Å². The summed E-state index contributed by atoms with van der Waals surface area (Å²) in [6.45, 7) is 3.68. The molecule has 0 aliphatic heterocycles. The van der Waals surface area contributed by atoms with Crippen LogP contribution in [0.4, 0.5) is 0 Å². The van der Waals surface area contributed by atoms with Gasteiger partial charge in [-0.2, -0.15) is 4.68 Å². The number of aromatic nitrogens is 2. The third kappa shape index (κ3) is 4.07. The maximum atomic E-state index is 11.8. The molecule has 0 unspecified atom stereocenters. The molecule has 2 heterocycles. The van der Waals surface area contributed by atoms with Crippen LogP contribution in [-0.2, 0) is 13.0 Å². The summed E-state index contributed by atoms with van der Waals surface area (Å²) in [6, 6.07) is 10.8. The van der Waals surface area contributed by atoms with Crippen LogP contribution in [0, 0.1) is 0 Å². The van der Waals surface area contributed by atoms with Crippen molar-refractivity contribution < 1.29 is 18.7 Å². The molecule has 1 N–H and O–H groups in total. The van der Waals surface area contributed by atoms with Crippen LogP contribution < -0.4 is 10.5 Å². The van der Waals surface area contributed by atoms with E-state index in [0.29, 0.717) is 17.9 Å². The quantitative estimate of drug-likeness (QED) is 0.632. The number of hydrogen-bond acceptors (Lipinski definition) is 6. The maximum Gasteiger partial charge on any atom is 0.437 e. The fourth-order valence-corrected chi connectivity index (χ4v) is 2.33. The minimum Gasteiger partial charge on any atom is -0.491 e. The highest BCUT2D eigenvalue weighted by molar-refractivity contribution is 5.42. The van der Waals surface area contributed by atoms with Gasteiger partial charge >= 0.3 is 5.76 Å². The van der Waals surface area contributed by atoms with E-state index in [1.165, 1.54) is 6.26 Å². The molecule has 25 heavy (non-hydrogen) atoms. The molecule has 0 saturated carbocycles. The Morgan fingerprint density at radius 2 is 2.16 bits per heavy atom. The van der Waals surface area contributed by atoms with Gasteiger partial charge < -0.3 is 18.7 Å². The van der Waals surface area contributed by atoms with Crippen molar-refractivity contribution in [2.75, 3.05) is 6.61 Å². The topological polar surface area (TPSA) is 90.6 Å². The maximum absolute atomic E-state index is 11.8. The van der Waals surface area contributed by atoms with Crippen LogP contribution in [0.5, 0.6) is 5.75 Å². The molecule has 0 spiro atoms. The first-order valence-electron chi connectivity index (χ1n) is 7.79. The van der Waals surface area contributed by atoms with E-state index in [-0.39, 0.29) is 19.0 Å². The van der Waals surface area contributed by atoms with Crippen LogP contribution in [0.25, 0.3) is 11.7 Å². The van der Waals surface area contributed by atoms with Crippen molar-refractivity contribution in [1.82, 2.24) is 9.78 Å². The molecule has 0 aliphatic carbocycles. The first kappa shape index (κ1) is 16.8. The van der Waals surface area contributed by atoms with Gasteiger partial charge in [0.1, 0.15) is 18.5 Å². The molecule has 7 heteroatoms. The number of benzene rings is 1. The molecule has 0 aliphatic rings. The molecule has 0 saturated heterocycles. The minimum absolute atomic E-state index is 0.0174.